The van der Waals surface area contributed by atoms with Crippen LogP contribution in [0.15, 0.2) is 12.1 Å². The fourth-order valence-electron chi connectivity index (χ4n) is 2.60. The number of phenols is 1. The summed E-state index contributed by atoms with van der Waals surface area (Å²) in [6.45, 7) is 7.83. The van der Waals surface area contributed by atoms with Gasteiger partial charge in [-0.1, -0.05) is 13.0 Å². The van der Waals surface area contributed by atoms with Gasteiger partial charge < -0.3 is 9.84 Å². The molecule has 0 aliphatic carbocycles. The van der Waals surface area contributed by atoms with Gasteiger partial charge in [0.05, 0.1) is 7.11 Å². The van der Waals surface area contributed by atoms with Crippen molar-refractivity contribution >= 4 is 11.4 Å². The molecule has 3 nitrogen and oxygen atoms in total. The van der Waals surface area contributed by atoms with E-state index >= 15 is 0 Å². The zero-order chi connectivity index (χ0) is 16.7. The van der Waals surface area contributed by atoms with Crippen molar-refractivity contribution in [1.82, 2.24) is 0 Å². The van der Waals surface area contributed by atoms with E-state index in [1.165, 1.54) is 5.57 Å². The van der Waals surface area contributed by atoms with Crippen LogP contribution in [0.1, 0.15) is 62.6 Å². The van der Waals surface area contributed by atoms with Gasteiger partial charge >= 0.3 is 0 Å². The van der Waals surface area contributed by atoms with Crippen LogP contribution in [0.3, 0.4) is 0 Å². The van der Waals surface area contributed by atoms with Gasteiger partial charge in [0.15, 0.2) is 11.5 Å². The summed E-state index contributed by atoms with van der Waals surface area (Å²) in [5.41, 5.74) is 4.07. The van der Waals surface area contributed by atoms with E-state index in [2.05, 4.69) is 13.0 Å². The lowest BCUT2D eigenvalue weighted by Crippen LogP contribution is -1.96. The standard InChI is InChI=1S/C19H28O3/c1-6-16(20)11-9-7-8-10-13(2)17-12-14(3)18(21)19(22-5)15(17)4/h10,12,21H,6-9,11H2,1-5H3/b13-10+. The Labute approximate surface area is 134 Å². The number of Topliss-reactive ketones (excluding diaryl/α,β-unsaturated/α-hetero) is 1. The first-order chi connectivity index (χ1) is 10.4. The first-order valence-electron chi connectivity index (χ1n) is 7.98. The Balaban J connectivity index is 2.77. The average Bonchev–Trinajstić information content (AvgIpc) is 2.50. The molecule has 0 saturated heterocycles. The molecule has 22 heavy (non-hydrogen) atoms. The molecule has 1 rings (SSSR count). The smallest absolute Gasteiger partial charge is 0.164 e. The second-order valence-electron chi connectivity index (χ2n) is 5.77. The van der Waals surface area contributed by atoms with Crippen LogP contribution in [0.5, 0.6) is 11.5 Å². The van der Waals surface area contributed by atoms with Crippen LogP contribution in [0.25, 0.3) is 5.57 Å². The number of methoxy groups -OCH3 is 1. The van der Waals surface area contributed by atoms with Crippen molar-refractivity contribution in [2.24, 2.45) is 0 Å². The third-order valence-electron chi connectivity index (χ3n) is 4.08. The first kappa shape index (κ1) is 18.3. The normalized spacial score (nSPS) is 11.6. The highest BCUT2D eigenvalue weighted by atomic mass is 16.5. The number of hydrogen-bond acceptors (Lipinski definition) is 3. The number of benzene rings is 1. The average molecular weight is 304 g/mol. The van der Waals surface area contributed by atoms with E-state index in [1.807, 2.05) is 26.8 Å². The third kappa shape index (κ3) is 4.62. The summed E-state index contributed by atoms with van der Waals surface area (Å²) in [5, 5.41) is 10.0. The first-order valence-corrected chi connectivity index (χ1v) is 7.98. The Hall–Kier alpha value is -1.77. The van der Waals surface area contributed by atoms with Gasteiger partial charge in [0.2, 0.25) is 0 Å². The largest absolute Gasteiger partial charge is 0.504 e. The topological polar surface area (TPSA) is 46.5 Å². The molecule has 0 saturated carbocycles. The van der Waals surface area contributed by atoms with Crippen molar-refractivity contribution in [3.05, 3.63) is 28.8 Å². The van der Waals surface area contributed by atoms with Gasteiger partial charge in [-0.05, 0) is 62.8 Å². The highest BCUT2D eigenvalue weighted by molar-refractivity contribution is 5.77. The summed E-state index contributed by atoms with van der Waals surface area (Å²) >= 11 is 0. The molecule has 3 heteroatoms. The predicted molar refractivity (Wildman–Crippen MR) is 91.5 cm³/mol. The van der Waals surface area contributed by atoms with Crippen LogP contribution in [-0.4, -0.2) is 18.0 Å². The van der Waals surface area contributed by atoms with Crippen molar-refractivity contribution in [3.8, 4) is 11.5 Å². The summed E-state index contributed by atoms with van der Waals surface area (Å²) in [6, 6.07) is 2.00. The van der Waals surface area contributed by atoms with Gasteiger partial charge in [0, 0.05) is 18.4 Å². The molecule has 1 N–H and O–H groups in total. The molecule has 0 aromatic heterocycles. The molecular formula is C19H28O3. The third-order valence-corrected chi connectivity index (χ3v) is 4.08. The van der Waals surface area contributed by atoms with Gasteiger partial charge in [0.1, 0.15) is 5.78 Å². The Morgan fingerprint density at radius 3 is 2.59 bits per heavy atom. The Kier molecular flexibility index (Phi) is 7.16. The molecule has 0 heterocycles. The second kappa shape index (κ2) is 8.62. The maximum atomic E-state index is 11.3. The summed E-state index contributed by atoms with van der Waals surface area (Å²) < 4.78 is 5.31. The molecule has 0 bridgehead atoms. The maximum Gasteiger partial charge on any atom is 0.164 e. The van der Waals surface area contributed by atoms with E-state index in [4.69, 9.17) is 4.74 Å². The monoisotopic (exact) mass is 304 g/mol. The Bertz CT molecular complexity index is 556. The number of carbonyl (C=O) groups excluding carboxylic acids is 1. The lowest BCUT2D eigenvalue weighted by Gasteiger charge is -2.15. The SMILES string of the molecule is CCC(=O)CCCC/C=C(\C)c1cc(C)c(O)c(OC)c1C. The van der Waals surface area contributed by atoms with Gasteiger partial charge in [0.25, 0.3) is 0 Å². The Morgan fingerprint density at radius 2 is 2.00 bits per heavy atom. The number of phenolic OH excluding ortho intramolecular Hbond substituents is 1. The molecule has 122 valence electrons. The van der Waals surface area contributed by atoms with Crippen LogP contribution in [0, 0.1) is 13.8 Å². The molecule has 0 atom stereocenters. The number of aromatic hydroxyl groups is 1. The minimum absolute atomic E-state index is 0.217. The van der Waals surface area contributed by atoms with Crippen molar-refractivity contribution < 1.29 is 14.6 Å². The number of carbonyl (C=O) groups is 1. The van der Waals surface area contributed by atoms with Crippen LogP contribution in [-0.2, 0) is 4.79 Å². The fourth-order valence-corrected chi connectivity index (χ4v) is 2.60. The van der Waals surface area contributed by atoms with E-state index in [-0.39, 0.29) is 5.75 Å². The summed E-state index contributed by atoms with van der Waals surface area (Å²) in [5.74, 6) is 1.11. The van der Waals surface area contributed by atoms with Crippen molar-refractivity contribution in [2.75, 3.05) is 7.11 Å². The number of ketones is 1. The van der Waals surface area contributed by atoms with Gasteiger partial charge in [-0.25, -0.2) is 0 Å². The second-order valence-corrected chi connectivity index (χ2v) is 5.77. The summed E-state index contributed by atoms with van der Waals surface area (Å²) in [4.78, 5) is 11.3. The molecule has 0 aliphatic rings. The van der Waals surface area contributed by atoms with Crippen LogP contribution in [0.2, 0.25) is 0 Å². The predicted octanol–water partition coefficient (Wildman–Crippen LogP) is 4.96. The quantitative estimate of drug-likeness (QED) is 0.690. The highest BCUT2D eigenvalue weighted by Gasteiger charge is 2.13. The Morgan fingerprint density at radius 1 is 1.32 bits per heavy atom. The summed E-state index contributed by atoms with van der Waals surface area (Å²) in [7, 11) is 1.58. The van der Waals surface area contributed by atoms with Crippen LogP contribution in [0.4, 0.5) is 0 Å². The highest BCUT2D eigenvalue weighted by Crippen LogP contribution is 2.37. The lowest BCUT2D eigenvalue weighted by molar-refractivity contribution is -0.118. The molecular weight excluding hydrogens is 276 g/mol. The molecule has 0 fully saturated rings. The summed E-state index contributed by atoms with van der Waals surface area (Å²) in [6.07, 6.45) is 6.47. The molecule has 1 aromatic rings. The van der Waals surface area contributed by atoms with E-state index in [0.29, 0.717) is 24.4 Å². The van der Waals surface area contributed by atoms with Gasteiger partial charge in [-0.15, -0.1) is 0 Å². The van der Waals surface area contributed by atoms with Crippen molar-refractivity contribution in [2.45, 2.75) is 59.8 Å². The zero-order valence-corrected chi connectivity index (χ0v) is 14.5. The fraction of sp³-hybridized carbons (Fsp3) is 0.526. The van der Waals surface area contributed by atoms with Gasteiger partial charge in [-0.3, -0.25) is 4.79 Å². The number of ether oxygens (including phenoxy) is 1. The zero-order valence-electron chi connectivity index (χ0n) is 14.5. The van der Waals surface area contributed by atoms with Crippen molar-refractivity contribution in [3.63, 3.8) is 0 Å². The van der Waals surface area contributed by atoms with E-state index < -0.39 is 0 Å². The van der Waals surface area contributed by atoms with E-state index in [0.717, 1.165) is 36.0 Å². The number of allylic oxidation sites excluding steroid dienone is 2. The van der Waals surface area contributed by atoms with Crippen molar-refractivity contribution in [1.29, 1.82) is 0 Å². The molecule has 0 aliphatic heterocycles. The molecule has 0 spiro atoms. The van der Waals surface area contributed by atoms with E-state index in [1.54, 1.807) is 7.11 Å². The molecule has 0 radical (unpaired) electrons. The number of aryl methyl sites for hydroxylation is 1. The maximum absolute atomic E-state index is 11.3. The minimum Gasteiger partial charge on any atom is -0.504 e. The molecule has 0 amide bonds. The number of hydrogen-bond donors (Lipinski definition) is 1. The van der Waals surface area contributed by atoms with Gasteiger partial charge in [-0.2, -0.15) is 0 Å². The lowest BCUT2D eigenvalue weighted by atomic mass is 9.96. The number of rotatable bonds is 8. The molecule has 1 aromatic carbocycles. The molecule has 0 unspecified atom stereocenters. The van der Waals surface area contributed by atoms with Crippen LogP contribution < -0.4 is 4.74 Å². The van der Waals surface area contributed by atoms with Crippen LogP contribution >= 0.6 is 0 Å². The minimum atomic E-state index is 0.217. The van der Waals surface area contributed by atoms with E-state index in [9.17, 15) is 9.90 Å². The number of unbranched alkanes of at least 4 members (excludes halogenated alkanes) is 2.